The average Bonchev–Trinajstić information content (AvgIpc) is 2.36. The first-order valence-corrected chi connectivity index (χ1v) is 5.88. The number of aliphatic hydroxyl groups excluding tert-OH is 1. The van der Waals surface area contributed by atoms with E-state index >= 15 is 0 Å². The Morgan fingerprint density at radius 3 is 2.67 bits per heavy atom. The zero-order valence-electron chi connectivity index (χ0n) is 11.0. The Morgan fingerprint density at radius 2 is 2.22 bits per heavy atom. The first kappa shape index (κ1) is 14.2. The Balaban J connectivity index is 2.54. The van der Waals surface area contributed by atoms with Gasteiger partial charge in [0.1, 0.15) is 5.82 Å². The Morgan fingerprint density at radius 1 is 1.50 bits per heavy atom. The van der Waals surface area contributed by atoms with Crippen molar-refractivity contribution in [3.05, 3.63) is 18.3 Å². The lowest BCUT2D eigenvalue weighted by molar-refractivity contribution is 0.222. The van der Waals surface area contributed by atoms with E-state index in [9.17, 15) is 4.79 Å². The second-order valence-corrected chi connectivity index (χ2v) is 4.19. The summed E-state index contributed by atoms with van der Waals surface area (Å²) in [7, 11) is 3.80. The molecular formula is C12H20N4O2. The molecule has 0 saturated carbocycles. The van der Waals surface area contributed by atoms with E-state index in [1.165, 1.54) is 0 Å². The third kappa shape index (κ3) is 4.21. The smallest absolute Gasteiger partial charge is 0.319 e. The van der Waals surface area contributed by atoms with Crippen LogP contribution in [-0.2, 0) is 0 Å². The fourth-order valence-electron chi connectivity index (χ4n) is 1.35. The summed E-state index contributed by atoms with van der Waals surface area (Å²) in [5.74, 6) is 0.822. The largest absolute Gasteiger partial charge is 0.394 e. The minimum absolute atomic E-state index is 0.0677. The molecule has 0 aliphatic heterocycles. The van der Waals surface area contributed by atoms with Gasteiger partial charge in [0, 0.05) is 14.1 Å². The molecule has 0 bridgehead atoms. The molecular weight excluding hydrogens is 232 g/mol. The Kier molecular flexibility index (Phi) is 5.38. The summed E-state index contributed by atoms with van der Waals surface area (Å²) >= 11 is 0. The van der Waals surface area contributed by atoms with Gasteiger partial charge in [0.15, 0.2) is 0 Å². The van der Waals surface area contributed by atoms with Crippen LogP contribution in [0.2, 0.25) is 0 Å². The second kappa shape index (κ2) is 6.80. The monoisotopic (exact) mass is 252 g/mol. The van der Waals surface area contributed by atoms with E-state index < -0.39 is 0 Å². The topological polar surface area (TPSA) is 77.5 Å². The van der Waals surface area contributed by atoms with Crippen molar-refractivity contribution in [1.82, 2.24) is 10.3 Å². The summed E-state index contributed by atoms with van der Waals surface area (Å²) in [5.41, 5.74) is 0.617. The highest BCUT2D eigenvalue weighted by Gasteiger charge is 2.09. The van der Waals surface area contributed by atoms with Gasteiger partial charge < -0.3 is 20.6 Å². The first-order valence-electron chi connectivity index (χ1n) is 5.88. The van der Waals surface area contributed by atoms with Gasteiger partial charge in [-0.25, -0.2) is 9.78 Å². The van der Waals surface area contributed by atoms with Crippen molar-refractivity contribution in [2.75, 3.05) is 30.9 Å². The first-order chi connectivity index (χ1) is 8.56. The number of carbonyl (C=O) groups is 1. The molecule has 1 rings (SSSR count). The number of pyridine rings is 1. The zero-order chi connectivity index (χ0) is 13.5. The molecule has 0 saturated heterocycles. The van der Waals surface area contributed by atoms with Gasteiger partial charge in [-0.2, -0.15) is 0 Å². The van der Waals surface area contributed by atoms with E-state index in [1.54, 1.807) is 12.3 Å². The number of hydrogen-bond donors (Lipinski definition) is 3. The lowest BCUT2D eigenvalue weighted by Crippen LogP contribution is -2.39. The lowest BCUT2D eigenvalue weighted by atomic mass is 10.2. The minimum Gasteiger partial charge on any atom is -0.394 e. The molecule has 0 spiro atoms. The Bertz CT molecular complexity index is 374. The molecule has 1 unspecified atom stereocenters. The van der Waals surface area contributed by atoms with Crippen LogP contribution in [-0.4, -0.2) is 42.9 Å². The van der Waals surface area contributed by atoms with Gasteiger partial charge in [-0.15, -0.1) is 0 Å². The van der Waals surface area contributed by atoms with Crippen LogP contribution in [0.25, 0.3) is 0 Å². The van der Waals surface area contributed by atoms with E-state index in [0.717, 1.165) is 5.82 Å². The van der Waals surface area contributed by atoms with Crippen molar-refractivity contribution >= 4 is 17.5 Å². The second-order valence-electron chi connectivity index (χ2n) is 4.19. The number of hydrogen-bond acceptors (Lipinski definition) is 4. The van der Waals surface area contributed by atoms with E-state index in [4.69, 9.17) is 5.11 Å². The van der Waals surface area contributed by atoms with Crippen LogP contribution in [0, 0.1) is 0 Å². The van der Waals surface area contributed by atoms with Crippen molar-refractivity contribution in [3.63, 3.8) is 0 Å². The van der Waals surface area contributed by atoms with Crippen LogP contribution in [0.15, 0.2) is 18.3 Å². The molecule has 18 heavy (non-hydrogen) atoms. The SMILES string of the molecule is CCC(CO)NC(=O)Nc1ccc(N(C)C)nc1. The molecule has 6 heteroatoms. The summed E-state index contributed by atoms with van der Waals surface area (Å²) in [5, 5.41) is 14.3. The van der Waals surface area contributed by atoms with Gasteiger partial charge in [0.25, 0.3) is 0 Å². The highest BCUT2D eigenvalue weighted by molar-refractivity contribution is 5.89. The van der Waals surface area contributed by atoms with Gasteiger partial charge in [0.2, 0.25) is 0 Å². The minimum atomic E-state index is -0.338. The summed E-state index contributed by atoms with van der Waals surface area (Å²) in [6.07, 6.45) is 2.27. The number of rotatable bonds is 5. The van der Waals surface area contributed by atoms with Crippen molar-refractivity contribution < 1.29 is 9.90 Å². The van der Waals surface area contributed by atoms with E-state index in [2.05, 4.69) is 15.6 Å². The number of urea groups is 1. The summed E-state index contributed by atoms with van der Waals surface area (Å²) in [4.78, 5) is 17.7. The number of carbonyl (C=O) groups excluding carboxylic acids is 1. The molecule has 1 aromatic rings. The molecule has 1 atom stereocenters. The van der Waals surface area contributed by atoms with E-state index in [-0.39, 0.29) is 18.7 Å². The fraction of sp³-hybridized carbons (Fsp3) is 0.500. The van der Waals surface area contributed by atoms with Gasteiger partial charge >= 0.3 is 6.03 Å². The number of nitrogens with one attached hydrogen (secondary N) is 2. The van der Waals surface area contributed by atoms with E-state index in [0.29, 0.717) is 12.1 Å². The predicted molar refractivity (Wildman–Crippen MR) is 71.9 cm³/mol. The maximum atomic E-state index is 11.6. The molecule has 2 amide bonds. The molecule has 100 valence electrons. The average molecular weight is 252 g/mol. The number of anilines is 2. The molecule has 0 fully saturated rings. The Labute approximate surface area is 107 Å². The Hall–Kier alpha value is -1.82. The van der Waals surface area contributed by atoms with Crippen LogP contribution in [0.5, 0.6) is 0 Å². The highest BCUT2D eigenvalue weighted by Crippen LogP contribution is 2.11. The van der Waals surface area contributed by atoms with Crippen molar-refractivity contribution in [2.45, 2.75) is 19.4 Å². The summed E-state index contributed by atoms with van der Waals surface area (Å²) in [6, 6.07) is 3.04. The van der Waals surface area contributed by atoms with E-state index in [1.807, 2.05) is 32.0 Å². The molecule has 0 aliphatic carbocycles. The van der Waals surface area contributed by atoms with Gasteiger partial charge in [0.05, 0.1) is 24.5 Å². The van der Waals surface area contributed by atoms with Crippen molar-refractivity contribution in [2.24, 2.45) is 0 Å². The molecule has 0 aromatic carbocycles. The van der Waals surface area contributed by atoms with Crippen LogP contribution in [0.3, 0.4) is 0 Å². The molecule has 3 N–H and O–H groups in total. The predicted octanol–water partition coefficient (Wildman–Crippen LogP) is 1.04. The normalized spacial score (nSPS) is 11.8. The van der Waals surface area contributed by atoms with Crippen LogP contribution < -0.4 is 15.5 Å². The molecule has 1 aromatic heterocycles. The summed E-state index contributed by atoms with van der Waals surface area (Å²) in [6.45, 7) is 1.83. The van der Waals surface area contributed by atoms with Crippen LogP contribution in [0.1, 0.15) is 13.3 Å². The fourth-order valence-corrected chi connectivity index (χ4v) is 1.35. The lowest BCUT2D eigenvalue weighted by Gasteiger charge is -2.15. The van der Waals surface area contributed by atoms with Crippen molar-refractivity contribution in [1.29, 1.82) is 0 Å². The van der Waals surface area contributed by atoms with Gasteiger partial charge in [-0.3, -0.25) is 0 Å². The zero-order valence-corrected chi connectivity index (χ0v) is 11.0. The highest BCUT2D eigenvalue weighted by atomic mass is 16.3. The number of aromatic nitrogens is 1. The van der Waals surface area contributed by atoms with Crippen LogP contribution >= 0.6 is 0 Å². The van der Waals surface area contributed by atoms with Crippen molar-refractivity contribution in [3.8, 4) is 0 Å². The quantitative estimate of drug-likeness (QED) is 0.731. The molecule has 1 heterocycles. The maximum Gasteiger partial charge on any atom is 0.319 e. The number of nitrogens with zero attached hydrogens (tertiary/aromatic N) is 2. The van der Waals surface area contributed by atoms with Gasteiger partial charge in [-0.1, -0.05) is 6.92 Å². The number of amides is 2. The standard InChI is InChI=1S/C12H20N4O2/c1-4-9(8-17)14-12(18)15-10-5-6-11(13-7-10)16(2)3/h5-7,9,17H,4,8H2,1-3H3,(H2,14,15,18). The molecule has 0 aliphatic rings. The number of aliphatic hydroxyl groups is 1. The third-order valence-electron chi connectivity index (χ3n) is 2.51. The molecule has 0 radical (unpaired) electrons. The maximum absolute atomic E-state index is 11.6. The summed E-state index contributed by atoms with van der Waals surface area (Å²) < 4.78 is 0. The molecule has 6 nitrogen and oxygen atoms in total. The van der Waals surface area contributed by atoms with Gasteiger partial charge in [-0.05, 0) is 18.6 Å². The third-order valence-corrected chi connectivity index (χ3v) is 2.51. The van der Waals surface area contributed by atoms with Crippen LogP contribution in [0.4, 0.5) is 16.3 Å².